The molecule has 1 saturated heterocycles. The van der Waals surface area contributed by atoms with Crippen molar-refractivity contribution in [2.24, 2.45) is 0 Å². The molecule has 29 heavy (non-hydrogen) atoms. The van der Waals surface area contributed by atoms with Gasteiger partial charge in [-0.1, -0.05) is 17.3 Å². The molecule has 0 bridgehead atoms. The van der Waals surface area contributed by atoms with Crippen molar-refractivity contribution < 1.29 is 23.5 Å². The summed E-state index contributed by atoms with van der Waals surface area (Å²) in [7, 11) is 3.23. The molecule has 2 aromatic rings. The van der Waals surface area contributed by atoms with E-state index in [1.54, 1.807) is 14.2 Å². The first-order valence-electron chi connectivity index (χ1n) is 10.0. The minimum atomic E-state index is 0.0508. The molecule has 158 valence electrons. The number of amides is 1. The van der Waals surface area contributed by atoms with E-state index in [-0.39, 0.29) is 12.0 Å². The van der Waals surface area contributed by atoms with Gasteiger partial charge in [-0.25, -0.2) is 0 Å². The molecule has 1 amide bonds. The van der Waals surface area contributed by atoms with Crippen molar-refractivity contribution in [1.29, 1.82) is 0 Å². The monoisotopic (exact) mass is 403 g/mol. The van der Waals surface area contributed by atoms with Gasteiger partial charge in [-0.2, -0.15) is 4.98 Å². The number of rotatable bonds is 10. The van der Waals surface area contributed by atoms with Crippen LogP contribution in [-0.2, 0) is 33.7 Å². The van der Waals surface area contributed by atoms with Gasteiger partial charge >= 0.3 is 0 Å². The Morgan fingerprint density at radius 2 is 2.21 bits per heavy atom. The predicted octanol–water partition coefficient (Wildman–Crippen LogP) is 2.41. The van der Waals surface area contributed by atoms with Crippen LogP contribution in [0.15, 0.2) is 28.8 Å². The smallest absolute Gasteiger partial charge is 0.252 e. The molecule has 1 aliphatic rings. The van der Waals surface area contributed by atoms with Crippen molar-refractivity contribution in [1.82, 2.24) is 15.0 Å². The Kier molecular flexibility index (Phi) is 8.01. The third-order valence-corrected chi connectivity index (χ3v) is 4.95. The fraction of sp³-hybridized carbons (Fsp3) is 0.571. The van der Waals surface area contributed by atoms with Gasteiger partial charge in [-0.05, 0) is 37.0 Å². The number of carbonyl (C=O) groups excluding carboxylic acids is 1. The molecule has 0 N–H and O–H groups in total. The van der Waals surface area contributed by atoms with Crippen LogP contribution < -0.4 is 4.74 Å². The number of methoxy groups -OCH3 is 2. The Bertz CT molecular complexity index is 779. The average Bonchev–Trinajstić information content (AvgIpc) is 3.20. The van der Waals surface area contributed by atoms with E-state index in [1.165, 1.54) is 0 Å². The van der Waals surface area contributed by atoms with Crippen molar-refractivity contribution in [3.8, 4) is 5.75 Å². The lowest BCUT2D eigenvalue weighted by molar-refractivity contribution is -0.135. The number of hydrogen-bond donors (Lipinski definition) is 0. The van der Waals surface area contributed by atoms with Gasteiger partial charge in [0.1, 0.15) is 12.4 Å². The number of aryl methyl sites for hydroxylation is 1. The number of hydrogen-bond acceptors (Lipinski definition) is 7. The summed E-state index contributed by atoms with van der Waals surface area (Å²) in [4.78, 5) is 18.8. The van der Waals surface area contributed by atoms with E-state index >= 15 is 0 Å². The highest BCUT2D eigenvalue weighted by molar-refractivity contribution is 5.76. The lowest BCUT2D eigenvalue weighted by Crippen LogP contribution is -2.43. The van der Waals surface area contributed by atoms with E-state index in [0.717, 1.165) is 30.7 Å². The molecule has 1 unspecified atom stereocenters. The van der Waals surface area contributed by atoms with E-state index < -0.39 is 0 Å². The second-order valence-corrected chi connectivity index (χ2v) is 7.11. The van der Waals surface area contributed by atoms with Gasteiger partial charge in [0.05, 0.1) is 19.8 Å². The van der Waals surface area contributed by atoms with Crippen molar-refractivity contribution in [2.45, 2.75) is 44.8 Å². The summed E-state index contributed by atoms with van der Waals surface area (Å²) in [6, 6.07) is 7.86. The fourth-order valence-corrected chi connectivity index (χ4v) is 3.43. The Hall–Kier alpha value is -2.45. The summed E-state index contributed by atoms with van der Waals surface area (Å²) < 4.78 is 21.2. The summed E-state index contributed by atoms with van der Waals surface area (Å²) in [5, 5.41) is 3.91. The number of nitrogens with zero attached hydrogens (tertiary/aromatic N) is 3. The van der Waals surface area contributed by atoms with E-state index in [2.05, 4.69) is 10.1 Å². The maximum absolute atomic E-state index is 12.6. The molecule has 1 fully saturated rings. The van der Waals surface area contributed by atoms with Crippen LogP contribution in [0.3, 0.4) is 0 Å². The quantitative estimate of drug-likeness (QED) is 0.602. The van der Waals surface area contributed by atoms with Crippen molar-refractivity contribution in [3.63, 3.8) is 0 Å². The summed E-state index contributed by atoms with van der Waals surface area (Å²) in [5.74, 6) is 2.06. The highest BCUT2D eigenvalue weighted by atomic mass is 16.5. The minimum absolute atomic E-state index is 0.0508. The van der Waals surface area contributed by atoms with Gasteiger partial charge in [-0.3, -0.25) is 4.79 Å². The molecule has 2 heterocycles. The second kappa shape index (κ2) is 10.9. The van der Waals surface area contributed by atoms with E-state index in [1.807, 2.05) is 29.2 Å². The third-order valence-electron chi connectivity index (χ3n) is 4.95. The molecule has 1 aromatic heterocycles. The molecule has 1 aromatic carbocycles. The summed E-state index contributed by atoms with van der Waals surface area (Å²) in [6.45, 7) is 2.24. The highest BCUT2D eigenvalue weighted by Gasteiger charge is 2.24. The first-order chi connectivity index (χ1) is 14.2. The zero-order valence-electron chi connectivity index (χ0n) is 17.1. The molecule has 0 aliphatic carbocycles. The summed E-state index contributed by atoms with van der Waals surface area (Å²) >= 11 is 0. The number of benzene rings is 1. The Morgan fingerprint density at radius 3 is 3.03 bits per heavy atom. The lowest BCUT2D eigenvalue weighted by atomic mass is 10.1. The Labute approximate surface area is 171 Å². The van der Waals surface area contributed by atoms with Crippen LogP contribution in [0.1, 0.15) is 36.5 Å². The van der Waals surface area contributed by atoms with Crippen LogP contribution >= 0.6 is 0 Å². The normalized spacial score (nSPS) is 16.8. The summed E-state index contributed by atoms with van der Waals surface area (Å²) in [5.41, 5.74) is 1.11. The van der Waals surface area contributed by atoms with E-state index in [4.69, 9.17) is 18.7 Å². The van der Waals surface area contributed by atoms with Crippen LogP contribution in [-0.4, -0.2) is 61.0 Å². The molecular weight excluding hydrogens is 374 g/mol. The first-order valence-corrected chi connectivity index (χ1v) is 10.0. The average molecular weight is 403 g/mol. The zero-order valence-corrected chi connectivity index (χ0v) is 17.1. The van der Waals surface area contributed by atoms with Crippen LogP contribution in [0.2, 0.25) is 0 Å². The van der Waals surface area contributed by atoms with Crippen LogP contribution in [0.5, 0.6) is 5.75 Å². The predicted molar refractivity (Wildman–Crippen MR) is 106 cm³/mol. The lowest BCUT2D eigenvalue weighted by Gasteiger charge is -2.32. The molecular formula is C21H29N3O5. The van der Waals surface area contributed by atoms with Gasteiger partial charge in [0.15, 0.2) is 5.82 Å². The topological polar surface area (TPSA) is 86.9 Å². The minimum Gasteiger partial charge on any atom is -0.497 e. The van der Waals surface area contributed by atoms with Crippen LogP contribution in [0.25, 0.3) is 0 Å². The van der Waals surface area contributed by atoms with Gasteiger partial charge in [0.2, 0.25) is 5.91 Å². The van der Waals surface area contributed by atoms with Gasteiger partial charge in [0, 0.05) is 33.0 Å². The highest BCUT2D eigenvalue weighted by Crippen LogP contribution is 2.17. The van der Waals surface area contributed by atoms with Crippen molar-refractivity contribution >= 4 is 5.91 Å². The molecule has 3 rings (SSSR count). The zero-order chi connectivity index (χ0) is 20.5. The maximum atomic E-state index is 12.6. The molecule has 8 nitrogen and oxygen atoms in total. The summed E-state index contributed by atoms with van der Waals surface area (Å²) in [6.07, 6.45) is 3.74. The Morgan fingerprint density at radius 1 is 1.31 bits per heavy atom. The SMILES string of the molecule is COCc1nc(CCOC2CCCN(C(=O)CCc3cccc(OC)c3)C2)no1. The fourth-order valence-electron chi connectivity index (χ4n) is 3.43. The number of carbonyl (C=O) groups is 1. The largest absolute Gasteiger partial charge is 0.497 e. The van der Waals surface area contributed by atoms with Crippen molar-refractivity contribution in [2.75, 3.05) is 33.9 Å². The molecule has 0 radical (unpaired) electrons. The van der Waals surface area contributed by atoms with Crippen molar-refractivity contribution in [3.05, 3.63) is 41.5 Å². The maximum Gasteiger partial charge on any atom is 0.252 e. The molecule has 0 spiro atoms. The molecule has 1 aliphatic heterocycles. The van der Waals surface area contributed by atoms with Crippen LogP contribution in [0.4, 0.5) is 0 Å². The van der Waals surface area contributed by atoms with Crippen LogP contribution in [0, 0.1) is 0 Å². The number of ether oxygens (including phenoxy) is 3. The first kappa shape index (κ1) is 21.3. The van der Waals surface area contributed by atoms with E-state index in [0.29, 0.717) is 50.7 Å². The number of aromatic nitrogens is 2. The number of piperidine rings is 1. The third kappa shape index (κ3) is 6.54. The molecule has 8 heteroatoms. The number of likely N-dealkylation sites (tertiary alicyclic amines) is 1. The molecule has 0 saturated carbocycles. The standard InChI is InChI=1S/C21H29N3O5/c1-26-15-20-22-19(23-29-20)10-12-28-18-7-4-11-24(14-18)21(25)9-8-16-5-3-6-17(13-16)27-2/h3,5-6,13,18H,4,7-12,14-15H2,1-2H3. The second-order valence-electron chi connectivity index (χ2n) is 7.11. The van der Waals surface area contributed by atoms with Gasteiger partial charge < -0.3 is 23.6 Å². The van der Waals surface area contributed by atoms with Gasteiger partial charge in [0.25, 0.3) is 5.89 Å². The van der Waals surface area contributed by atoms with E-state index in [9.17, 15) is 4.79 Å². The van der Waals surface area contributed by atoms with Gasteiger partial charge in [-0.15, -0.1) is 0 Å². The Balaban J connectivity index is 1.40. The molecule has 1 atom stereocenters.